The van der Waals surface area contributed by atoms with Crippen LogP contribution in [0.5, 0.6) is 0 Å². The highest BCUT2D eigenvalue weighted by Gasteiger charge is 2.33. The summed E-state index contributed by atoms with van der Waals surface area (Å²) in [7, 11) is 0. The van der Waals surface area contributed by atoms with Crippen molar-refractivity contribution in [3.63, 3.8) is 0 Å². The van der Waals surface area contributed by atoms with Gasteiger partial charge in [-0.15, -0.1) is 12.4 Å². The normalized spacial score (nSPS) is 28.3. The number of hydrogen-bond donors (Lipinski definition) is 1. The molecule has 3 aliphatic rings. The van der Waals surface area contributed by atoms with E-state index in [9.17, 15) is 4.79 Å². The molecule has 1 N–H and O–H groups in total. The second-order valence-corrected chi connectivity index (χ2v) is 5.93. The average Bonchev–Trinajstić information content (AvgIpc) is 2.47. The number of rotatable bonds is 0. The predicted octanol–water partition coefficient (Wildman–Crippen LogP) is 2.03. The Balaban J connectivity index is 0.00000144. The van der Waals surface area contributed by atoms with Gasteiger partial charge in [0, 0.05) is 19.1 Å². The Hall–Kier alpha value is -0.480. The molecular formula is C12H23ClN2O2. The van der Waals surface area contributed by atoms with Gasteiger partial charge in [-0.1, -0.05) is 0 Å². The van der Waals surface area contributed by atoms with Crippen LogP contribution in [0.15, 0.2) is 0 Å². The van der Waals surface area contributed by atoms with Crippen LogP contribution in [0.2, 0.25) is 0 Å². The molecule has 100 valence electrons. The van der Waals surface area contributed by atoms with Crippen LogP contribution in [0.3, 0.4) is 0 Å². The van der Waals surface area contributed by atoms with Crippen LogP contribution in [0.4, 0.5) is 4.79 Å². The molecule has 3 heterocycles. The zero-order valence-corrected chi connectivity index (χ0v) is 11.7. The Kier molecular flexibility index (Phi) is 4.67. The summed E-state index contributed by atoms with van der Waals surface area (Å²) in [5.41, 5.74) is -0.393. The van der Waals surface area contributed by atoms with Crippen LogP contribution < -0.4 is 5.32 Å². The third kappa shape index (κ3) is 4.03. The highest BCUT2D eigenvalue weighted by Crippen LogP contribution is 2.22. The molecule has 17 heavy (non-hydrogen) atoms. The number of hydrogen-bond acceptors (Lipinski definition) is 3. The summed E-state index contributed by atoms with van der Waals surface area (Å²) < 4.78 is 5.42. The van der Waals surface area contributed by atoms with Crippen molar-refractivity contribution in [3.05, 3.63) is 0 Å². The third-order valence-corrected chi connectivity index (χ3v) is 3.19. The second-order valence-electron chi connectivity index (χ2n) is 5.93. The van der Waals surface area contributed by atoms with Gasteiger partial charge in [0.15, 0.2) is 0 Å². The average molecular weight is 263 g/mol. The summed E-state index contributed by atoms with van der Waals surface area (Å²) in [6, 6.07) is 0.464. The molecule has 0 aromatic rings. The molecule has 2 atom stereocenters. The number of halogens is 1. The first-order valence-electron chi connectivity index (χ1n) is 6.15. The van der Waals surface area contributed by atoms with Crippen LogP contribution in [-0.4, -0.2) is 42.3 Å². The van der Waals surface area contributed by atoms with E-state index in [2.05, 4.69) is 5.32 Å². The van der Waals surface area contributed by atoms with Gasteiger partial charge in [-0.05, 0) is 46.1 Å². The molecule has 3 fully saturated rings. The lowest BCUT2D eigenvalue weighted by atomic mass is 9.97. The fourth-order valence-electron chi connectivity index (χ4n) is 2.41. The molecule has 0 unspecified atom stereocenters. The van der Waals surface area contributed by atoms with Crippen LogP contribution in [-0.2, 0) is 4.74 Å². The van der Waals surface area contributed by atoms with E-state index in [-0.39, 0.29) is 18.5 Å². The summed E-state index contributed by atoms with van der Waals surface area (Å²) >= 11 is 0. The predicted molar refractivity (Wildman–Crippen MR) is 69.6 cm³/mol. The van der Waals surface area contributed by atoms with E-state index in [0.717, 1.165) is 19.6 Å². The van der Waals surface area contributed by atoms with Gasteiger partial charge in [0.25, 0.3) is 0 Å². The van der Waals surface area contributed by atoms with E-state index in [0.29, 0.717) is 12.0 Å². The molecule has 1 amide bonds. The summed E-state index contributed by atoms with van der Waals surface area (Å²) in [6.45, 7) is 8.43. The van der Waals surface area contributed by atoms with Crippen molar-refractivity contribution in [2.24, 2.45) is 5.92 Å². The Morgan fingerprint density at radius 2 is 2.00 bits per heavy atom. The summed E-state index contributed by atoms with van der Waals surface area (Å²) in [4.78, 5) is 13.8. The van der Waals surface area contributed by atoms with Crippen LogP contribution in [0.25, 0.3) is 0 Å². The second kappa shape index (κ2) is 5.44. The molecule has 0 saturated carbocycles. The van der Waals surface area contributed by atoms with Gasteiger partial charge in [-0.3, -0.25) is 0 Å². The maximum atomic E-state index is 12.0. The molecule has 3 rings (SSSR count). The van der Waals surface area contributed by atoms with E-state index >= 15 is 0 Å². The number of fused-ring (bicyclic) bond motifs is 4. The van der Waals surface area contributed by atoms with Crippen LogP contribution in [0, 0.1) is 5.92 Å². The fraction of sp³-hybridized carbons (Fsp3) is 0.917. The highest BCUT2D eigenvalue weighted by molar-refractivity contribution is 5.85. The molecule has 3 aliphatic heterocycles. The van der Waals surface area contributed by atoms with Gasteiger partial charge in [-0.2, -0.15) is 0 Å². The smallest absolute Gasteiger partial charge is 0.410 e. The van der Waals surface area contributed by atoms with Crippen molar-refractivity contribution < 1.29 is 9.53 Å². The standard InChI is InChI=1S/C12H22N2O2.ClH/c1-12(2,3)16-11(15)14-7-9-4-5-10(8-14)13-6-9;/h9-10,13H,4-8H2,1-3H3;1H/t9-,10-;/m0./s1. The van der Waals surface area contributed by atoms with Crippen molar-refractivity contribution >= 4 is 18.5 Å². The van der Waals surface area contributed by atoms with Gasteiger partial charge in [0.1, 0.15) is 5.60 Å². The first-order chi connectivity index (χ1) is 7.44. The largest absolute Gasteiger partial charge is 0.444 e. The van der Waals surface area contributed by atoms with Crippen LogP contribution >= 0.6 is 12.4 Å². The minimum atomic E-state index is -0.393. The monoisotopic (exact) mass is 262 g/mol. The van der Waals surface area contributed by atoms with Crippen molar-refractivity contribution in [1.82, 2.24) is 10.2 Å². The van der Waals surface area contributed by atoms with Gasteiger partial charge in [0.2, 0.25) is 0 Å². The van der Waals surface area contributed by atoms with Gasteiger partial charge < -0.3 is 15.0 Å². The summed E-state index contributed by atoms with van der Waals surface area (Å²) in [5.74, 6) is 0.603. The molecule has 0 spiro atoms. The maximum absolute atomic E-state index is 12.0. The quantitative estimate of drug-likeness (QED) is 0.726. The van der Waals surface area contributed by atoms with Crippen molar-refractivity contribution in [2.45, 2.75) is 45.3 Å². The fourth-order valence-corrected chi connectivity index (χ4v) is 2.41. The minimum absolute atomic E-state index is 0. The number of amides is 1. The highest BCUT2D eigenvalue weighted by atomic mass is 35.5. The van der Waals surface area contributed by atoms with Gasteiger partial charge in [-0.25, -0.2) is 4.79 Å². The molecule has 0 radical (unpaired) electrons. The SMILES string of the molecule is CC(C)(C)OC(=O)N1C[C@H]2CC[C@@H](C1)NC2.Cl. The number of carbonyl (C=O) groups is 1. The number of piperidine rings is 1. The lowest BCUT2D eigenvalue weighted by Crippen LogP contribution is -2.42. The zero-order valence-electron chi connectivity index (χ0n) is 10.9. The van der Waals surface area contributed by atoms with Gasteiger partial charge >= 0.3 is 6.09 Å². The molecule has 3 saturated heterocycles. The molecule has 4 nitrogen and oxygen atoms in total. The Labute approximate surface area is 109 Å². The van der Waals surface area contributed by atoms with Crippen molar-refractivity contribution in [3.8, 4) is 0 Å². The van der Waals surface area contributed by atoms with Gasteiger partial charge in [0.05, 0.1) is 0 Å². The maximum Gasteiger partial charge on any atom is 0.410 e. The van der Waals surface area contributed by atoms with E-state index in [1.807, 2.05) is 25.7 Å². The van der Waals surface area contributed by atoms with E-state index in [1.54, 1.807) is 0 Å². The molecular weight excluding hydrogens is 240 g/mol. The van der Waals surface area contributed by atoms with Crippen molar-refractivity contribution in [1.29, 1.82) is 0 Å². The van der Waals surface area contributed by atoms with Crippen molar-refractivity contribution in [2.75, 3.05) is 19.6 Å². The molecule has 0 aromatic carbocycles. The van der Waals surface area contributed by atoms with Crippen LogP contribution in [0.1, 0.15) is 33.6 Å². The molecule has 0 aliphatic carbocycles. The molecule has 2 bridgehead atoms. The first-order valence-corrected chi connectivity index (χ1v) is 6.15. The lowest BCUT2D eigenvalue weighted by Gasteiger charge is -2.27. The third-order valence-electron chi connectivity index (χ3n) is 3.19. The summed E-state index contributed by atoms with van der Waals surface area (Å²) in [6.07, 6.45) is 2.26. The number of nitrogens with zero attached hydrogens (tertiary/aromatic N) is 1. The number of carbonyl (C=O) groups excluding carboxylic acids is 1. The van der Waals surface area contributed by atoms with E-state index in [1.165, 1.54) is 12.8 Å². The van der Waals surface area contributed by atoms with E-state index in [4.69, 9.17) is 4.74 Å². The first kappa shape index (κ1) is 14.6. The van der Waals surface area contributed by atoms with E-state index < -0.39 is 5.60 Å². The minimum Gasteiger partial charge on any atom is -0.444 e. The zero-order chi connectivity index (χ0) is 11.8. The number of ether oxygens (including phenoxy) is 1. The molecule has 5 heteroatoms. The Morgan fingerprint density at radius 1 is 1.29 bits per heavy atom. The summed E-state index contributed by atoms with van der Waals surface area (Å²) in [5, 5.41) is 3.48. The Bertz CT molecular complexity index is 256. The lowest BCUT2D eigenvalue weighted by molar-refractivity contribution is 0.0242. The molecule has 0 aromatic heterocycles. The Morgan fingerprint density at radius 3 is 2.53 bits per heavy atom. The number of nitrogens with one attached hydrogen (secondary N) is 1. The topological polar surface area (TPSA) is 41.6 Å².